The zero-order valence-electron chi connectivity index (χ0n) is 11.3. The maximum absolute atomic E-state index is 5.19. The fourth-order valence-corrected chi connectivity index (χ4v) is 2.15. The highest BCUT2D eigenvalue weighted by molar-refractivity contribution is 7.80. The van der Waals surface area contributed by atoms with E-state index in [0.29, 0.717) is 0 Å². The predicted molar refractivity (Wildman–Crippen MR) is 83.4 cm³/mol. The van der Waals surface area contributed by atoms with E-state index in [-0.39, 0.29) is 0 Å². The second-order valence-electron chi connectivity index (χ2n) is 4.38. The summed E-state index contributed by atoms with van der Waals surface area (Å²) in [6.45, 7) is 4.03. The van der Waals surface area contributed by atoms with Gasteiger partial charge in [0.25, 0.3) is 0 Å². The quantitative estimate of drug-likeness (QED) is 0.826. The standard InChI is InChI=1S/C16H19NOS/c1-3-17(12-13-4-10-16(19)11-5-13)14-6-8-15(18-2)9-7-14/h4-11,19H,3,12H2,1-2H3. The molecule has 0 unspecified atom stereocenters. The fraction of sp³-hybridized carbons (Fsp3) is 0.250. The number of nitrogens with zero attached hydrogens (tertiary/aromatic N) is 1. The smallest absolute Gasteiger partial charge is 0.119 e. The summed E-state index contributed by atoms with van der Waals surface area (Å²) < 4.78 is 5.19. The lowest BCUT2D eigenvalue weighted by Crippen LogP contribution is -2.21. The third-order valence-corrected chi connectivity index (χ3v) is 3.43. The van der Waals surface area contributed by atoms with Crippen molar-refractivity contribution >= 4 is 18.3 Å². The average molecular weight is 273 g/mol. The zero-order chi connectivity index (χ0) is 13.7. The maximum atomic E-state index is 5.19. The second-order valence-corrected chi connectivity index (χ2v) is 4.90. The van der Waals surface area contributed by atoms with Gasteiger partial charge in [-0.05, 0) is 48.9 Å². The summed E-state index contributed by atoms with van der Waals surface area (Å²) in [4.78, 5) is 3.32. The third kappa shape index (κ3) is 3.67. The van der Waals surface area contributed by atoms with Crippen molar-refractivity contribution in [3.8, 4) is 5.75 Å². The Morgan fingerprint density at radius 3 is 2.16 bits per heavy atom. The molecule has 0 atom stereocenters. The Morgan fingerprint density at radius 2 is 1.63 bits per heavy atom. The van der Waals surface area contributed by atoms with Gasteiger partial charge in [-0.2, -0.15) is 0 Å². The van der Waals surface area contributed by atoms with Crippen LogP contribution in [0, 0.1) is 0 Å². The van der Waals surface area contributed by atoms with Gasteiger partial charge in [0.05, 0.1) is 7.11 Å². The lowest BCUT2D eigenvalue weighted by molar-refractivity contribution is 0.415. The van der Waals surface area contributed by atoms with E-state index in [1.807, 2.05) is 24.3 Å². The van der Waals surface area contributed by atoms with Crippen LogP contribution in [0.5, 0.6) is 5.75 Å². The molecule has 0 N–H and O–H groups in total. The summed E-state index contributed by atoms with van der Waals surface area (Å²) in [7, 11) is 1.69. The first-order chi connectivity index (χ1) is 9.22. The van der Waals surface area contributed by atoms with Crippen LogP contribution in [0.4, 0.5) is 5.69 Å². The molecule has 100 valence electrons. The van der Waals surface area contributed by atoms with Gasteiger partial charge in [-0.15, -0.1) is 12.6 Å². The van der Waals surface area contributed by atoms with Gasteiger partial charge in [0.2, 0.25) is 0 Å². The first-order valence-corrected chi connectivity index (χ1v) is 6.84. The molecule has 0 aliphatic carbocycles. The molecule has 0 saturated heterocycles. The lowest BCUT2D eigenvalue weighted by Gasteiger charge is -2.23. The number of hydrogen-bond acceptors (Lipinski definition) is 3. The van der Waals surface area contributed by atoms with Crippen LogP contribution in [-0.2, 0) is 6.54 Å². The van der Waals surface area contributed by atoms with E-state index >= 15 is 0 Å². The highest BCUT2D eigenvalue weighted by atomic mass is 32.1. The topological polar surface area (TPSA) is 12.5 Å². The van der Waals surface area contributed by atoms with Crippen molar-refractivity contribution in [3.05, 3.63) is 54.1 Å². The summed E-state index contributed by atoms with van der Waals surface area (Å²) in [5.41, 5.74) is 2.49. The molecule has 0 amide bonds. The van der Waals surface area contributed by atoms with Crippen LogP contribution >= 0.6 is 12.6 Å². The summed E-state index contributed by atoms with van der Waals surface area (Å²) >= 11 is 4.31. The molecule has 2 aromatic carbocycles. The Balaban J connectivity index is 2.12. The predicted octanol–water partition coefficient (Wildman–Crippen LogP) is 4.01. The van der Waals surface area contributed by atoms with Crippen LogP contribution in [0.15, 0.2) is 53.4 Å². The first-order valence-electron chi connectivity index (χ1n) is 6.40. The first kappa shape index (κ1) is 13.8. The largest absolute Gasteiger partial charge is 0.497 e. The molecule has 3 heteroatoms. The Labute approximate surface area is 120 Å². The van der Waals surface area contributed by atoms with Gasteiger partial charge in [0.1, 0.15) is 5.75 Å². The summed E-state index contributed by atoms with van der Waals surface area (Å²) in [6.07, 6.45) is 0. The van der Waals surface area contributed by atoms with Gasteiger partial charge >= 0.3 is 0 Å². The Hall–Kier alpha value is -1.61. The molecule has 19 heavy (non-hydrogen) atoms. The zero-order valence-corrected chi connectivity index (χ0v) is 12.2. The molecule has 2 aromatic rings. The van der Waals surface area contributed by atoms with Crippen LogP contribution in [0.3, 0.4) is 0 Å². The van der Waals surface area contributed by atoms with Gasteiger partial charge in [0.15, 0.2) is 0 Å². The minimum absolute atomic E-state index is 0.888. The molecule has 0 fully saturated rings. The van der Waals surface area contributed by atoms with Gasteiger partial charge < -0.3 is 9.64 Å². The van der Waals surface area contributed by atoms with E-state index in [4.69, 9.17) is 4.74 Å². The van der Waals surface area contributed by atoms with E-state index in [0.717, 1.165) is 23.7 Å². The van der Waals surface area contributed by atoms with Crippen LogP contribution < -0.4 is 9.64 Å². The number of ether oxygens (including phenoxy) is 1. The van der Waals surface area contributed by atoms with Crippen LogP contribution in [0.1, 0.15) is 12.5 Å². The molecule has 2 nitrogen and oxygen atoms in total. The molecular formula is C16H19NOS. The Morgan fingerprint density at radius 1 is 1.00 bits per heavy atom. The lowest BCUT2D eigenvalue weighted by atomic mass is 10.2. The maximum Gasteiger partial charge on any atom is 0.119 e. The van der Waals surface area contributed by atoms with Crippen molar-refractivity contribution in [1.82, 2.24) is 0 Å². The van der Waals surface area contributed by atoms with Crippen molar-refractivity contribution in [2.45, 2.75) is 18.4 Å². The number of anilines is 1. The van der Waals surface area contributed by atoms with E-state index < -0.39 is 0 Å². The minimum Gasteiger partial charge on any atom is -0.497 e. The molecule has 2 rings (SSSR count). The molecule has 0 heterocycles. The number of rotatable bonds is 5. The molecule has 0 spiro atoms. The fourth-order valence-electron chi connectivity index (χ4n) is 2.00. The third-order valence-electron chi connectivity index (χ3n) is 3.13. The average Bonchev–Trinajstić information content (AvgIpc) is 2.47. The molecule has 0 aliphatic heterocycles. The van der Waals surface area contributed by atoms with E-state index in [1.54, 1.807) is 7.11 Å². The van der Waals surface area contributed by atoms with Gasteiger partial charge in [-0.3, -0.25) is 0 Å². The SMILES string of the molecule is CCN(Cc1ccc(S)cc1)c1ccc(OC)cc1. The van der Waals surface area contributed by atoms with Gasteiger partial charge in [0, 0.05) is 23.7 Å². The van der Waals surface area contributed by atoms with Crippen molar-refractivity contribution in [2.75, 3.05) is 18.6 Å². The number of hydrogen-bond donors (Lipinski definition) is 1. The number of methoxy groups -OCH3 is 1. The number of benzene rings is 2. The van der Waals surface area contributed by atoms with Crippen LogP contribution in [-0.4, -0.2) is 13.7 Å². The van der Waals surface area contributed by atoms with Crippen molar-refractivity contribution < 1.29 is 4.74 Å². The minimum atomic E-state index is 0.888. The van der Waals surface area contributed by atoms with Crippen molar-refractivity contribution in [3.63, 3.8) is 0 Å². The summed E-state index contributed by atoms with van der Waals surface area (Å²) in [5, 5.41) is 0. The Kier molecular flexibility index (Phi) is 4.74. The van der Waals surface area contributed by atoms with E-state index in [1.165, 1.54) is 11.3 Å². The normalized spacial score (nSPS) is 10.3. The van der Waals surface area contributed by atoms with E-state index in [2.05, 4.69) is 48.7 Å². The highest BCUT2D eigenvalue weighted by Crippen LogP contribution is 2.21. The second kappa shape index (κ2) is 6.53. The molecule has 0 aliphatic rings. The van der Waals surface area contributed by atoms with Crippen molar-refractivity contribution in [1.29, 1.82) is 0 Å². The monoisotopic (exact) mass is 273 g/mol. The molecule has 0 aromatic heterocycles. The molecule has 0 bridgehead atoms. The molecule has 0 saturated carbocycles. The van der Waals surface area contributed by atoms with Crippen LogP contribution in [0.25, 0.3) is 0 Å². The van der Waals surface area contributed by atoms with E-state index in [9.17, 15) is 0 Å². The number of thiol groups is 1. The van der Waals surface area contributed by atoms with Gasteiger partial charge in [-0.1, -0.05) is 12.1 Å². The molecule has 0 radical (unpaired) electrons. The Bertz CT molecular complexity index is 507. The summed E-state index contributed by atoms with van der Waals surface area (Å²) in [6, 6.07) is 16.5. The van der Waals surface area contributed by atoms with Gasteiger partial charge in [-0.25, -0.2) is 0 Å². The molecular weight excluding hydrogens is 254 g/mol. The highest BCUT2D eigenvalue weighted by Gasteiger charge is 2.05. The van der Waals surface area contributed by atoms with Crippen LogP contribution in [0.2, 0.25) is 0 Å². The van der Waals surface area contributed by atoms with Crippen molar-refractivity contribution in [2.24, 2.45) is 0 Å². The summed E-state index contributed by atoms with van der Waals surface area (Å²) in [5.74, 6) is 0.888.